The fourth-order valence-electron chi connectivity index (χ4n) is 3.30. The topological polar surface area (TPSA) is 57.6 Å². The molecule has 1 unspecified atom stereocenters. The summed E-state index contributed by atoms with van der Waals surface area (Å²) in [5.41, 5.74) is -0.320. The maximum atomic E-state index is 13.1. The monoisotopic (exact) mass is 343 g/mol. The third-order valence-electron chi connectivity index (χ3n) is 4.71. The van der Waals surface area contributed by atoms with E-state index >= 15 is 0 Å². The summed E-state index contributed by atoms with van der Waals surface area (Å²) in [6, 6.07) is 6.12. The molecule has 132 valence electrons. The van der Waals surface area contributed by atoms with Crippen molar-refractivity contribution in [1.82, 2.24) is 4.90 Å². The van der Waals surface area contributed by atoms with Crippen LogP contribution in [0.1, 0.15) is 42.6 Å². The summed E-state index contributed by atoms with van der Waals surface area (Å²) in [4.78, 5) is 24.4. The first-order chi connectivity index (χ1) is 11.0. The van der Waals surface area contributed by atoms with Crippen LogP contribution in [0.15, 0.2) is 24.3 Å². The van der Waals surface area contributed by atoms with Gasteiger partial charge in [0.05, 0.1) is 11.5 Å². The van der Waals surface area contributed by atoms with Crippen molar-refractivity contribution < 1.29 is 27.9 Å². The van der Waals surface area contributed by atoms with Gasteiger partial charge in [-0.2, -0.15) is 13.2 Å². The number of halogens is 3. The van der Waals surface area contributed by atoms with Gasteiger partial charge < -0.3 is 10.0 Å². The molecule has 1 aromatic rings. The number of aromatic carboxylic acids is 1. The first-order valence-corrected chi connectivity index (χ1v) is 7.73. The van der Waals surface area contributed by atoms with Crippen molar-refractivity contribution in [3.8, 4) is 0 Å². The van der Waals surface area contributed by atoms with Crippen LogP contribution in [0.2, 0.25) is 0 Å². The molecule has 1 aliphatic rings. The van der Waals surface area contributed by atoms with Crippen LogP contribution in [-0.4, -0.2) is 40.1 Å². The van der Waals surface area contributed by atoms with Crippen molar-refractivity contribution in [2.45, 2.75) is 44.8 Å². The number of alkyl halides is 3. The normalized spacial score (nSPS) is 20.2. The third-order valence-corrected chi connectivity index (χ3v) is 4.71. The lowest BCUT2D eigenvalue weighted by Crippen LogP contribution is -2.49. The average Bonchev–Trinajstić information content (AvgIpc) is 2.80. The van der Waals surface area contributed by atoms with Gasteiger partial charge in [0.2, 0.25) is 5.91 Å². The predicted octanol–water partition coefficient (Wildman–Crippen LogP) is 3.51. The van der Waals surface area contributed by atoms with E-state index < -0.39 is 23.6 Å². The lowest BCUT2D eigenvalue weighted by molar-refractivity contribution is -0.192. The average molecular weight is 343 g/mol. The molecule has 1 heterocycles. The molecule has 7 heteroatoms. The van der Waals surface area contributed by atoms with Gasteiger partial charge in [-0.15, -0.1) is 0 Å². The van der Waals surface area contributed by atoms with Gasteiger partial charge in [0.1, 0.15) is 0 Å². The van der Waals surface area contributed by atoms with Gasteiger partial charge in [-0.25, -0.2) is 4.79 Å². The number of rotatable bonds is 4. The van der Waals surface area contributed by atoms with Crippen LogP contribution in [0.5, 0.6) is 0 Å². The third kappa shape index (κ3) is 3.71. The molecule has 0 aliphatic carbocycles. The molecular formula is C17H20F3NO3. The summed E-state index contributed by atoms with van der Waals surface area (Å²) in [6.07, 6.45) is -3.93. The summed E-state index contributed by atoms with van der Waals surface area (Å²) in [5.74, 6) is -2.85. The van der Waals surface area contributed by atoms with Gasteiger partial charge in [-0.1, -0.05) is 12.1 Å². The van der Waals surface area contributed by atoms with E-state index in [1.807, 2.05) is 0 Å². The Kier molecular flexibility index (Phi) is 4.92. The van der Waals surface area contributed by atoms with E-state index in [0.29, 0.717) is 6.42 Å². The van der Waals surface area contributed by atoms with Gasteiger partial charge in [0.25, 0.3) is 0 Å². The number of hydrogen-bond donors (Lipinski definition) is 1. The van der Waals surface area contributed by atoms with Crippen molar-refractivity contribution in [2.24, 2.45) is 5.92 Å². The Morgan fingerprint density at radius 1 is 1.25 bits per heavy atom. The number of benzene rings is 1. The lowest BCUT2D eigenvalue weighted by Gasteiger charge is -2.36. The van der Waals surface area contributed by atoms with E-state index in [9.17, 15) is 22.8 Å². The number of aryl methyl sites for hydroxylation is 1. The van der Waals surface area contributed by atoms with E-state index in [0.717, 1.165) is 5.56 Å². The van der Waals surface area contributed by atoms with Crippen molar-refractivity contribution >= 4 is 11.9 Å². The number of amides is 1. The molecule has 1 aliphatic heterocycles. The Balaban J connectivity index is 1.99. The molecule has 0 aromatic heterocycles. The molecule has 1 amide bonds. The van der Waals surface area contributed by atoms with Crippen LogP contribution in [0.4, 0.5) is 13.2 Å². The largest absolute Gasteiger partial charge is 0.478 e. The standard InChI is InChI=1S/C17H20F3NO3/c1-16(2)13(17(18,19)20)9-10-21(16)14(22)8-5-11-3-6-12(7-4-11)15(23)24/h3-4,6-7,13H,5,8-10H2,1-2H3,(H,23,24). The number of carboxylic acid groups (broad SMARTS) is 1. The Bertz CT molecular complexity index is 623. The van der Waals surface area contributed by atoms with Gasteiger partial charge >= 0.3 is 12.1 Å². The fourth-order valence-corrected chi connectivity index (χ4v) is 3.30. The SMILES string of the molecule is CC1(C)C(C(F)(F)F)CCN1C(=O)CCc1ccc(C(=O)O)cc1. The number of likely N-dealkylation sites (tertiary alicyclic amines) is 1. The zero-order valence-electron chi connectivity index (χ0n) is 13.6. The molecule has 0 saturated carbocycles. The minimum Gasteiger partial charge on any atom is -0.478 e. The van der Waals surface area contributed by atoms with Crippen LogP contribution >= 0.6 is 0 Å². The molecule has 0 spiro atoms. The Hall–Kier alpha value is -2.05. The van der Waals surface area contributed by atoms with E-state index in [1.165, 1.54) is 30.9 Å². The number of carbonyl (C=O) groups is 2. The second kappa shape index (κ2) is 6.45. The van der Waals surface area contributed by atoms with Gasteiger partial charge in [0, 0.05) is 18.5 Å². The molecule has 1 aromatic carbocycles. The summed E-state index contributed by atoms with van der Waals surface area (Å²) in [6.45, 7) is 3.02. The molecule has 0 bridgehead atoms. The summed E-state index contributed by atoms with van der Waals surface area (Å²) in [7, 11) is 0. The highest BCUT2D eigenvalue weighted by Gasteiger charge is 2.55. The highest BCUT2D eigenvalue weighted by molar-refractivity contribution is 5.87. The highest BCUT2D eigenvalue weighted by Crippen LogP contribution is 2.44. The van der Waals surface area contributed by atoms with Crippen LogP contribution in [-0.2, 0) is 11.2 Å². The first kappa shape index (κ1) is 18.3. The van der Waals surface area contributed by atoms with E-state index in [4.69, 9.17) is 5.11 Å². The van der Waals surface area contributed by atoms with Crippen LogP contribution in [0.25, 0.3) is 0 Å². The fraction of sp³-hybridized carbons (Fsp3) is 0.529. The van der Waals surface area contributed by atoms with E-state index in [-0.39, 0.29) is 30.9 Å². The van der Waals surface area contributed by atoms with Crippen molar-refractivity contribution in [2.75, 3.05) is 6.54 Å². The second-order valence-corrected chi connectivity index (χ2v) is 6.58. The smallest absolute Gasteiger partial charge is 0.394 e. The lowest BCUT2D eigenvalue weighted by atomic mass is 9.87. The summed E-state index contributed by atoms with van der Waals surface area (Å²) < 4.78 is 39.2. The van der Waals surface area contributed by atoms with Crippen molar-refractivity contribution in [1.29, 1.82) is 0 Å². The zero-order valence-corrected chi connectivity index (χ0v) is 13.6. The first-order valence-electron chi connectivity index (χ1n) is 7.73. The molecule has 1 fully saturated rings. The minimum absolute atomic E-state index is 0.0739. The maximum absolute atomic E-state index is 13.1. The molecule has 0 radical (unpaired) electrons. The van der Waals surface area contributed by atoms with Crippen LogP contribution in [0, 0.1) is 5.92 Å². The van der Waals surface area contributed by atoms with Crippen molar-refractivity contribution in [3.05, 3.63) is 35.4 Å². The zero-order chi connectivity index (χ0) is 18.1. The van der Waals surface area contributed by atoms with Gasteiger partial charge in [-0.05, 0) is 44.4 Å². The number of carboxylic acids is 1. The summed E-state index contributed by atoms with van der Waals surface area (Å²) in [5, 5.41) is 8.83. The van der Waals surface area contributed by atoms with E-state index in [2.05, 4.69) is 0 Å². The molecule has 2 rings (SSSR count). The second-order valence-electron chi connectivity index (χ2n) is 6.58. The molecule has 1 saturated heterocycles. The molecular weight excluding hydrogens is 323 g/mol. The Morgan fingerprint density at radius 3 is 2.29 bits per heavy atom. The maximum Gasteiger partial charge on any atom is 0.394 e. The van der Waals surface area contributed by atoms with E-state index in [1.54, 1.807) is 12.1 Å². The minimum atomic E-state index is -4.31. The quantitative estimate of drug-likeness (QED) is 0.910. The Labute approximate surface area is 138 Å². The van der Waals surface area contributed by atoms with Gasteiger partial charge in [-0.3, -0.25) is 4.79 Å². The number of hydrogen-bond acceptors (Lipinski definition) is 2. The molecule has 4 nitrogen and oxygen atoms in total. The van der Waals surface area contributed by atoms with Gasteiger partial charge in [0.15, 0.2) is 0 Å². The van der Waals surface area contributed by atoms with Crippen LogP contribution < -0.4 is 0 Å². The summed E-state index contributed by atoms with van der Waals surface area (Å²) >= 11 is 0. The highest BCUT2D eigenvalue weighted by atomic mass is 19.4. The predicted molar refractivity (Wildman–Crippen MR) is 81.7 cm³/mol. The van der Waals surface area contributed by atoms with Crippen molar-refractivity contribution in [3.63, 3.8) is 0 Å². The molecule has 24 heavy (non-hydrogen) atoms. The van der Waals surface area contributed by atoms with Crippen LogP contribution in [0.3, 0.4) is 0 Å². The number of carbonyl (C=O) groups excluding carboxylic acids is 1. The number of nitrogens with zero attached hydrogens (tertiary/aromatic N) is 1. The molecule has 1 N–H and O–H groups in total. The molecule has 1 atom stereocenters. The Morgan fingerprint density at radius 2 is 1.83 bits per heavy atom.